The fourth-order valence-electron chi connectivity index (χ4n) is 2.90. The van der Waals surface area contributed by atoms with Crippen molar-refractivity contribution < 1.29 is 29.3 Å². The fraction of sp³-hybridized carbons (Fsp3) is 0.800. The minimum Gasteiger partial charge on any atom is -0.479 e. The molecule has 0 bridgehead atoms. The molecule has 9 nitrogen and oxygen atoms in total. The van der Waals surface area contributed by atoms with Crippen molar-refractivity contribution in [2.75, 3.05) is 13.1 Å². The molecule has 2 aliphatic heterocycles. The number of carbonyl (C=O) groups excluding carboxylic acids is 2. The van der Waals surface area contributed by atoms with Crippen molar-refractivity contribution >= 4 is 17.8 Å². The summed E-state index contributed by atoms with van der Waals surface area (Å²) in [4.78, 5) is 36.0. The van der Waals surface area contributed by atoms with E-state index in [1.165, 1.54) is 0 Å². The molecule has 0 radical (unpaired) electrons. The molecule has 2 aliphatic rings. The molecule has 2 heterocycles. The molecule has 5 unspecified atom stereocenters. The van der Waals surface area contributed by atoms with Crippen molar-refractivity contribution in [3.05, 3.63) is 0 Å². The first-order valence-corrected chi connectivity index (χ1v) is 8.09. The van der Waals surface area contributed by atoms with Crippen LogP contribution in [0.2, 0.25) is 0 Å². The van der Waals surface area contributed by atoms with Crippen molar-refractivity contribution in [1.29, 1.82) is 0 Å². The van der Waals surface area contributed by atoms with E-state index < -0.39 is 24.0 Å². The Balaban J connectivity index is 1.91. The number of hydrogen-bond acceptors (Lipinski definition) is 6. The van der Waals surface area contributed by atoms with Gasteiger partial charge in [0.15, 0.2) is 6.10 Å². The van der Waals surface area contributed by atoms with Crippen LogP contribution in [0.5, 0.6) is 0 Å². The molecule has 2 rings (SSSR count). The van der Waals surface area contributed by atoms with Crippen molar-refractivity contribution in [1.82, 2.24) is 10.2 Å². The Kier molecular flexibility index (Phi) is 5.79. The SMILES string of the molecule is CC(C)C(N)C(=O)NCC(CC1CN2C(=O)CC2O1)C(O)C(=O)O. The van der Waals surface area contributed by atoms with Gasteiger partial charge in [0, 0.05) is 19.0 Å². The Labute approximate surface area is 140 Å². The van der Waals surface area contributed by atoms with Crippen LogP contribution in [-0.2, 0) is 19.1 Å². The monoisotopic (exact) mass is 343 g/mol. The number of carboxylic acids is 1. The fourth-order valence-corrected chi connectivity index (χ4v) is 2.90. The lowest BCUT2D eigenvalue weighted by Gasteiger charge is -2.31. The van der Waals surface area contributed by atoms with Crippen LogP contribution in [0.4, 0.5) is 0 Å². The number of ether oxygens (including phenoxy) is 1. The molecule has 0 aromatic carbocycles. The van der Waals surface area contributed by atoms with E-state index in [4.69, 9.17) is 15.6 Å². The van der Waals surface area contributed by atoms with Gasteiger partial charge in [0.2, 0.25) is 11.8 Å². The summed E-state index contributed by atoms with van der Waals surface area (Å²) < 4.78 is 5.65. The average Bonchev–Trinajstić information content (AvgIpc) is 2.85. The highest BCUT2D eigenvalue weighted by Gasteiger charge is 2.46. The van der Waals surface area contributed by atoms with E-state index in [2.05, 4.69) is 5.32 Å². The molecule has 0 aromatic heterocycles. The van der Waals surface area contributed by atoms with Crippen molar-refractivity contribution in [2.24, 2.45) is 17.6 Å². The third-order valence-corrected chi connectivity index (χ3v) is 4.59. The minimum atomic E-state index is -1.63. The first kappa shape index (κ1) is 18.6. The minimum absolute atomic E-state index is 0.00837. The highest BCUT2D eigenvalue weighted by atomic mass is 16.5. The second-order valence-corrected chi connectivity index (χ2v) is 6.76. The molecule has 24 heavy (non-hydrogen) atoms. The van der Waals surface area contributed by atoms with Crippen LogP contribution in [0.1, 0.15) is 26.7 Å². The van der Waals surface area contributed by atoms with Gasteiger partial charge in [0.05, 0.1) is 18.6 Å². The third kappa shape index (κ3) is 4.03. The Morgan fingerprint density at radius 2 is 2.12 bits per heavy atom. The van der Waals surface area contributed by atoms with Gasteiger partial charge in [-0.1, -0.05) is 13.8 Å². The summed E-state index contributed by atoms with van der Waals surface area (Å²) >= 11 is 0. The molecule has 5 atom stereocenters. The van der Waals surface area contributed by atoms with E-state index in [0.717, 1.165) is 0 Å². The number of carboxylic acid groups (broad SMARTS) is 1. The summed E-state index contributed by atoms with van der Waals surface area (Å²) in [6.45, 7) is 3.97. The number of aliphatic hydroxyl groups is 1. The first-order chi connectivity index (χ1) is 11.2. The lowest BCUT2D eigenvalue weighted by atomic mass is 9.94. The maximum absolute atomic E-state index is 11.9. The smallest absolute Gasteiger partial charge is 0.332 e. The number of amides is 2. The highest BCUT2D eigenvalue weighted by molar-refractivity contribution is 5.83. The van der Waals surface area contributed by atoms with Gasteiger partial charge in [-0.25, -0.2) is 4.79 Å². The summed E-state index contributed by atoms with van der Waals surface area (Å²) in [7, 11) is 0. The van der Waals surface area contributed by atoms with Crippen LogP contribution >= 0.6 is 0 Å². The van der Waals surface area contributed by atoms with Crippen molar-refractivity contribution in [2.45, 2.75) is 51.2 Å². The number of nitrogens with two attached hydrogens (primary N) is 1. The Morgan fingerprint density at radius 1 is 1.46 bits per heavy atom. The number of aliphatic hydroxyl groups excluding tert-OH is 1. The molecular formula is C15H25N3O6. The van der Waals surface area contributed by atoms with E-state index >= 15 is 0 Å². The van der Waals surface area contributed by atoms with Gasteiger partial charge in [0.25, 0.3) is 0 Å². The van der Waals surface area contributed by atoms with Gasteiger partial charge in [-0.05, 0) is 12.3 Å². The van der Waals surface area contributed by atoms with Crippen LogP contribution in [0.3, 0.4) is 0 Å². The summed E-state index contributed by atoms with van der Waals surface area (Å²) in [6, 6.07) is -0.699. The van der Waals surface area contributed by atoms with Gasteiger partial charge >= 0.3 is 5.97 Å². The number of fused-ring (bicyclic) bond motifs is 1. The quantitative estimate of drug-likeness (QED) is 0.393. The number of hydrogen-bond donors (Lipinski definition) is 4. The molecule has 9 heteroatoms. The Hall–Kier alpha value is -1.71. The standard InChI is InChI=1S/C15H25N3O6/c1-7(2)12(16)14(21)17-5-8(13(20)15(22)23)3-9-6-18-10(19)4-11(18)24-9/h7-9,11-13,20H,3-6,16H2,1-2H3,(H,17,21)(H,22,23). The molecule has 136 valence electrons. The zero-order valence-corrected chi connectivity index (χ0v) is 13.8. The van der Waals surface area contributed by atoms with Crippen LogP contribution < -0.4 is 11.1 Å². The molecule has 2 fully saturated rings. The van der Waals surface area contributed by atoms with Crippen LogP contribution in [-0.4, -0.2) is 70.5 Å². The van der Waals surface area contributed by atoms with E-state index in [0.29, 0.717) is 13.0 Å². The maximum atomic E-state index is 11.9. The number of rotatable bonds is 8. The zero-order chi connectivity index (χ0) is 18.0. The molecule has 2 saturated heterocycles. The van der Waals surface area contributed by atoms with Gasteiger partial charge < -0.3 is 30.9 Å². The average molecular weight is 343 g/mol. The molecule has 0 aromatic rings. The van der Waals surface area contributed by atoms with E-state index in [1.807, 2.05) is 0 Å². The Bertz CT molecular complexity index is 511. The lowest BCUT2D eigenvalue weighted by Crippen LogP contribution is -2.48. The summed E-state index contributed by atoms with van der Waals surface area (Å²) in [6.07, 6.45) is -1.66. The molecular weight excluding hydrogens is 318 g/mol. The predicted molar refractivity (Wildman–Crippen MR) is 82.6 cm³/mol. The summed E-state index contributed by atoms with van der Waals surface area (Å²) in [5.41, 5.74) is 5.75. The second kappa shape index (κ2) is 7.45. The number of β-lactam (4-membered cyclic amide) rings is 1. The topological polar surface area (TPSA) is 142 Å². The van der Waals surface area contributed by atoms with Crippen LogP contribution in [0, 0.1) is 11.8 Å². The van der Waals surface area contributed by atoms with Gasteiger partial charge in [0.1, 0.15) is 6.23 Å². The number of nitrogens with one attached hydrogen (secondary N) is 1. The summed E-state index contributed by atoms with van der Waals surface area (Å²) in [5.74, 6) is -2.53. The largest absolute Gasteiger partial charge is 0.479 e. The number of aliphatic carboxylic acids is 1. The van der Waals surface area contributed by atoms with Gasteiger partial charge in [-0.3, -0.25) is 9.59 Å². The normalized spacial score (nSPS) is 26.5. The van der Waals surface area contributed by atoms with E-state index in [-0.39, 0.29) is 43.0 Å². The molecule has 5 N–H and O–H groups in total. The van der Waals surface area contributed by atoms with E-state index in [9.17, 15) is 19.5 Å². The van der Waals surface area contributed by atoms with Crippen molar-refractivity contribution in [3.63, 3.8) is 0 Å². The van der Waals surface area contributed by atoms with E-state index in [1.54, 1.807) is 18.7 Å². The molecule has 0 aliphatic carbocycles. The zero-order valence-electron chi connectivity index (χ0n) is 13.8. The summed E-state index contributed by atoms with van der Waals surface area (Å²) in [5, 5.41) is 21.5. The van der Waals surface area contributed by atoms with Crippen molar-refractivity contribution in [3.8, 4) is 0 Å². The van der Waals surface area contributed by atoms with Gasteiger partial charge in [-0.15, -0.1) is 0 Å². The van der Waals surface area contributed by atoms with Gasteiger partial charge in [-0.2, -0.15) is 0 Å². The highest BCUT2D eigenvalue weighted by Crippen LogP contribution is 2.31. The third-order valence-electron chi connectivity index (χ3n) is 4.59. The van der Waals surface area contributed by atoms with Crippen LogP contribution in [0.15, 0.2) is 0 Å². The second-order valence-electron chi connectivity index (χ2n) is 6.76. The number of nitrogens with zero attached hydrogens (tertiary/aromatic N) is 1. The number of carbonyl (C=O) groups is 3. The first-order valence-electron chi connectivity index (χ1n) is 8.09. The lowest BCUT2D eigenvalue weighted by molar-refractivity contribution is -0.157. The molecule has 0 saturated carbocycles. The Morgan fingerprint density at radius 3 is 2.62 bits per heavy atom. The predicted octanol–water partition coefficient (Wildman–Crippen LogP) is -1.51. The van der Waals surface area contributed by atoms with Crippen LogP contribution in [0.25, 0.3) is 0 Å². The maximum Gasteiger partial charge on any atom is 0.332 e. The molecule has 2 amide bonds. The molecule has 0 spiro atoms.